The van der Waals surface area contributed by atoms with Crippen LogP contribution in [0, 0.1) is 11.8 Å². The van der Waals surface area contributed by atoms with Gasteiger partial charge in [-0.2, -0.15) is 0 Å². The summed E-state index contributed by atoms with van der Waals surface area (Å²) in [5.74, 6) is 6.26. The Morgan fingerprint density at radius 1 is 1.00 bits per heavy atom. The molecule has 0 aromatic heterocycles. The Labute approximate surface area is 121 Å². The molecule has 0 unspecified atom stereocenters. The molecule has 110 valence electrons. The van der Waals surface area contributed by atoms with Crippen molar-refractivity contribution in [1.29, 1.82) is 0 Å². The Balaban J connectivity index is 2.74. The van der Waals surface area contributed by atoms with E-state index in [4.69, 9.17) is 18.9 Å². The number of hydrogen-bond acceptors (Lipinski definition) is 4. The highest BCUT2D eigenvalue weighted by molar-refractivity contribution is 5.31. The van der Waals surface area contributed by atoms with Crippen LogP contribution in [0.4, 0.5) is 0 Å². The fourth-order valence-electron chi connectivity index (χ4n) is 1.74. The van der Waals surface area contributed by atoms with Crippen LogP contribution in [-0.4, -0.2) is 32.7 Å². The molecule has 0 saturated heterocycles. The van der Waals surface area contributed by atoms with E-state index in [2.05, 4.69) is 11.8 Å². The van der Waals surface area contributed by atoms with Crippen LogP contribution in [0.3, 0.4) is 0 Å². The molecular formula is C16H22O4. The minimum Gasteiger partial charge on any atom is -0.497 e. The van der Waals surface area contributed by atoms with Crippen molar-refractivity contribution >= 4 is 0 Å². The van der Waals surface area contributed by atoms with Crippen molar-refractivity contribution < 1.29 is 18.9 Å². The highest BCUT2D eigenvalue weighted by atomic mass is 16.7. The second-order valence-corrected chi connectivity index (χ2v) is 3.96. The Bertz CT molecular complexity index is 436. The minimum atomic E-state index is -1.02. The summed E-state index contributed by atoms with van der Waals surface area (Å²) in [7, 11) is 1.63. The molecule has 0 radical (unpaired) electrons. The van der Waals surface area contributed by atoms with Crippen molar-refractivity contribution in [3.05, 3.63) is 24.3 Å². The Morgan fingerprint density at radius 2 is 1.55 bits per heavy atom. The number of hydrogen-bond donors (Lipinski definition) is 0. The molecule has 0 amide bonds. The van der Waals surface area contributed by atoms with Gasteiger partial charge in [0.1, 0.15) is 11.5 Å². The number of benzene rings is 1. The van der Waals surface area contributed by atoms with Gasteiger partial charge in [0.05, 0.1) is 7.11 Å². The topological polar surface area (TPSA) is 36.9 Å². The van der Waals surface area contributed by atoms with E-state index >= 15 is 0 Å². The zero-order valence-corrected chi connectivity index (χ0v) is 12.6. The maximum atomic E-state index is 5.72. The molecule has 1 aromatic carbocycles. The van der Waals surface area contributed by atoms with Crippen LogP contribution in [0.25, 0.3) is 0 Å². The van der Waals surface area contributed by atoms with Crippen molar-refractivity contribution in [3.8, 4) is 23.3 Å². The molecular weight excluding hydrogens is 256 g/mol. The maximum absolute atomic E-state index is 5.72. The molecule has 1 rings (SSSR count). The predicted octanol–water partition coefficient (Wildman–Crippen LogP) is 2.87. The van der Waals surface area contributed by atoms with Gasteiger partial charge in [-0.25, -0.2) is 0 Å². The smallest absolute Gasteiger partial charge is 0.269 e. The molecule has 0 saturated carbocycles. The highest BCUT2D eigenvalue weighted by Gasteiger charge is 2.30. The Hall–Kier alpha value is -1.70. The summed E-state index contributed by atoms with van der Waals surface area (Å²) < 4.78 is 22.1. The van der Waals surface area contributed by atoms with Gasteiger partial charge in [-0.1, -0.05) is 0 Å². The second-order valence-electron chi connectivity index (χ2n) is 3.96. The first-order valence-corrected chi connectivity index (χ1v) is 6.68. The van der Waals surface area contributed by atoms with Crippen LogP contribution in [0.2, 0.25) is 0 Å². The van der Waals surface area contributed by atoms with Crippen LogP contribution in [0.5, 0.6) is 11.5 Å². The van der Waals surface area contributed by atoms with Crippen LogP contribution in [0.1, 0.15) is 20.8 Å². The van der Waals surface area contributed by atoms with Crippen molar-refractivity contribution in [1.82, 2.24) is 0 Å². The lowest BCUT2D eigenvalue weighted by Crippen LogP contribution is -2.41. The van der Waals surface area contributed by atoms with E-state index < -0.39 is 5.79 Å². The van der Waals surface area contributed by atoms with E-state index in [1.54, 1.807) is 14.0 Å². The van der Waals surface area contributed by atoms with E-state index in [0.29, 0.717) is 19.0 Å². The van der Waals surface area contributed by atoms with Gasteiger partial charge in [0.25, 0.3) is 5.79 Å². The van der Waals surface area contributed by atoms with Crippen LogP contribution in [-0.2, 0) is 9.47 Å². The van der Waals surface area contributed by atoms with Gasteiger partial charge in [-0.3, -0.25) is 0 Å². The second kappa shape index (κ2) is 8.47. The maximum Gasteiger partial charge on any atom is 0.269 e. The molecule has 0 N–H and O–H groups in total. The summed E-state index contributed by atoms with van der Waals surface area (Å²) in [6.45, 7) is 6.76. The van der Waals surface area contributed by atoms with Gasteiger partial charge >= 0.3 is 0 Å². The molecule has 20 heavy (non-hydrogen) atoms. The number of rotatable bonds is 8. The van der Waals surface area contributed by atoms with E-state index in [-0.39, 0.29) is 6.61 Å². The fraction of sp³-hybridized carbons (Fsp3) is 0.500. The van der Waals surface area contributed by atoms with Crippen molar-refractivity contribution in [2.75, 3.05) is 26.9 Å². The van der Waals surface area contributed by atoms with Crippen LogP contribution in [0.15, 0.2) is 24.3 Å². The van der Waals surface area contributed by atoms with Crippen LogP contribution < -0.4 is 9.47 Å². The third-order valence-corrected chi connectivity index (χ3v) is 2.56. The van der Waals surface area contributed by atoms with Crippen molar-refractivity contribution in [2.24, 2.45) is 0 Å². The van der Waals surface area contributed by atoms with E-state index in [1.807, 2.05) is 38.1 Å². The fourth-order valence-corrected chi connectivity index (χ4v) is 1.74. The molecule has 0 aliphatic carbocycles. The van der Waals surface area contributed by atoms with E-state index in [0.717, 1.165) is 5.75 Å². The van der Waals surface area contributed by atoms with E-state index in [1.165, 1.54) is 0 Å². The van der Waals surface area contributed by atoms with Crippen molar-refractivity contribution in [3.63, 3.8) is 0 Å². The Morgan fingerprint density at radius 3 is 2.00 bits per heavy atom. The zero-order valence-electron chi connectivity index (χ0n) is 12.6. The molecule has 1 aromatic rings. The van der Waals surface area contributed by atoms with Gasteiger partial charge < -0.3 is 18.9 Å². The first kappa shape index (κ1) is 16.4. The summed E-state index contributed by atoms with van der Waals surface area (Å²) in [4.78, 5) is 0. The van der Waals surface area contributed by atoms with Gasteiger partial charge in [0.2, 0.25) is 0 Å². The quantitative estimate of drug-likeness (QED) is 0.541. The average molecular weight is 278 g/mol. The van der Waals surface area contributed by atoms with Gasteiger partial charge in [0, 0.05) is 13.2 Å². The lowest BCUT2D eigenvalue weighted by Gasteiger charge is -2.27. The lowest BCUT2D eigenvalue weighted by atomic mass is 10.3. The molecule has 0 heterocycles. The van der Waals surface area contributed by atoms with Gasteiger partial charge in [0.15, 0.2) is 6.61 Å². The molecule has 0 atom stereocenters. The third kappa shape index (κ3) is 4.76. The van der Waals surface area contributed by atoms with E-state index in [9.17, 15) is 0 Å². The van der Waals surface area contributed by atoms with Gasteiger partial charge in [-0.15, -0.1) is 5.92 Å². The summed E-state index contributed by atoms with van der Waals surface area (Å²) >= 11 is 0. The predicted molar refractivity (Wildman–Crippen MR) is 77.9 cm³/mol. The molecule has 0 fully saturated rings. The first-order chi connectivity index (χ1) is 9.69. The average Bonchev–Trinajstić information content (AvgIpc) is 2.46. The first-order valence-electron chi connectivity index (χ1n) is 6.68. The summed E-state index contributed by atoms with van der Waals surface area (Å²) in [6, 6.07) is 7.34. The molecule has 4 heteroatoms. The lowest BCUT2D eigenvalue weighted by molar-refractivity contribution is -0.207. The largest absolute Gasteiger partial charge is 0.497 e. The summed E-state index contributed by atoms with van der Waals surface area (Å²) in [6.07, 6.45) is 0. The normalized spacial score (nSPS) is 10.6. The molecule has 0 aliphatic heterocycles. The highest BCUT2D eigenvalue weighted by Crippen LogP contribution is 2.20. The van der Waals surface area contributed by atoms with Crippen LogP contribution >= 0.6 is 0 Å². The van der Waals surface area contributed by atoms with Gasteiger partial charge in [-0.05, 0) is 51.0 Å². The molecule has 4 nitrogen and oxygen atoms in total. The molecule has 0 aliphatic rings. The number of methoxy groups -OCH3 is 1. The number of ether oxygens (including phenoxy) is 4. The molecule has 0 bridgehead atoms. The third-order valence-electron chi connectivity index (χ3n) is 2.56. The monoisotopic (exact) mass is 278 g/mol. The Kier molecular flexibility index (Phi) is 6.92. The summed E-state index contributed by atoms with van der Waals surface area (Å²) in [5.41, 5.74) is 0. The van der Waals surface area contributed by atoms with Crippen molar-refractivity contribution in [2.45, 2.75) is 26.6 Å². The minimum absolute atomic E-state index is 0.210. The standard InChI is InChI=1S/C16H22O4/c1-5-12-16(19-6-2,20-7-3)13-18-15-10-8-14(17-4)9-11-15/h8-11H,6-7,13H2,1-4H3. The zero-order chi connectivity index (χ0) is 14.8. The SMILES string of the molecule is CC#CC(COc1ccc(OC)cc1)(OCC)OCC. The summed E-state index contributed by atoms with van der Waals surface area (Å²) in [5, 5.41) is 0. The molecule has 0 spiro atoms.